The van der Waals surface area contributed by atoms with Gasteiger partial charge in [0.2, 0.25) is 0 Å². The van der Waals surface area contributed by atoms with Crippen LogP contribution in [0.4, 0.5) is 13.2 Å². The molecule has 2 radical (unpaired) electrons. The monoisotopic (exact) mass is 946 g/mol. The van der Waals surface area contributed by atoms with Crippen molar-refractivity contribution in [3.63, 3.8) is 0 Å². The topological polar surface area (TPSA) is 0 Å². The Balaban J connectivity index is 0.000000149. The summed E-state index contributed by atoms with van der Waals surface area (Å²) in [5, 5.41) is 10.9. The van der Waals surface area contributed by atoms with E-state index in [1.165, 1.54) is 141 Å². The number of alkyl halides is 3. The quantitative estimate of drug-likeness (QED) is 0.105. The van der Waals surface area contributed by atoms with Crippen molar-refractivity contribution in [2.24, 2.45) is 11.8 Å². The van der Waals surface area contributed by atoms with Crippen molar-refractivity contribution < 1.29 is 34.0 Å². The van der Waals surface area contributed by atoms with Gasteiger partial charge >= 0.3 is 44.1 Å². The zero-order chi connectivity index (χ0) is 42.6. The van der Waals surface area contributed by atoms with Gasteiger partial charge in [0.15, 0.2) is 0 Å². The van der Waals surface area contributed by atoms with E-state index in [9.17, 15) is 13.2 Å². The van der Waals surface area contributed by atoms with E-state index >= 15 is 0 Å². The fourth-order valence-electron chi connectivity index (χ4n) is 9.58. The second-order valence-electron chi connectivity index (χ2n) is 16.6. The van der Waals surface area contributed by atoms with E-state index in [1.807, 2.05) is 0 Å². The Kier molecular flexibility index (Phi) is 16.6. The minimum Gasteiger partial charge on any atom is -0.164 e. The van der Waals surface area contributed by atoms with Crippen molar-refractivity contribution in [2.45, 2.75) is 89.4 Å². The van der Waals surface area contributed by atoms with Gasteiger partial charge in [0.1, 0.15) is 0 Å². The van der Waals surface area contributed by atoms with E-state index in [4.69, 9.17) is 17.0 Å². The summed E-state index contributed by atoms with van der Waals surface area (Å²) in [6.07, 6.45) is 9.29. The molecule has 0 amide bonds. The Morgan fingerprint density at radius 1 is 0.541 bits per heavy atom. The van der Waals surface area contributed by atoms with Crippen LogP contribution in [0.25, 0.3) is 65.3 Å². The molecule has 0 aromatic heterocycles. The summed E-state index contributed by atoms with van der Waals surface area (Å²) in [4.78, 5) is 0. The van der Waals surface area contributed by atoms with Gasteiger partial charge in [-0.3, -0.25) is 0 Å². The molecule has 0 N–H and O–H groups in total. The van der Waals surface area contributed by atoms with Gasteiger partial charge in [-0.15, -0.1) is 69.1 Å². The van der Waals surface area contributed by atoms with Gasteiger partial charge in [-0.25, -0.2) is 0 Å². The molecule has 0 saturated heterocycles. The fourth-order valence-corrected chi connectivity index (χ4v) is 10.1. The van der Waals surface area contributed by atoms with Crippen LogP contribution in [0.15, 0.2) is 146 Å². The third-order valence-corrected chi connectivity index (χ3v) is 13.2. The molecule has 2 aliphatic carbocycles. The van der Waals surface area contributed by atoms with Crippen LogP contribution in [-0.4, -0.2) is 15.7 Å². The number of halogens is 5. The molecule has 2 aliphatic rings. The minimum atomic E-state index is -3.94. The summed E-state index contributed by atoms with van der Waals surface area (Å²) in [5.74, 6) is 1.80. The van der Waals surface area contributed by atoms with E-state index in [-0.39, 0.29) is 6.04 Å². The third kappa shape index (κ3) is 12.2. The largest absolute Gasteiger partial charge is 0.164 e. The summed E-state index contributed by atoms with van der Waals surface area (Å²) in [5.41, 5.74) is 8.48. The van der Waals surface area contributed by atoms with E-state index < -0.39 is 33.4 Å². The fraction of sp³-hybridized carbons (Fsp3) is 0.296. The molecule has 10 rings (SSSR count). The van der Waals surface area contributed by atoms with Gasteiger partial charge in [-0.05, 0) is 57.3 Å². The zero-order valence-corrected chi connectivity index (χ0v) is 39.9. The molecular formula is C54H53Cl2F3SiZr. The maximum absolute atomic E-state index is 11.2. The predicted octanol–water partition coefficient (Wildman–Crippen LogP) is 17.7. The van der Waals surface area contributed by atoms with Crippen LogP contribution in [0.3, 0.4) is 0 Å². The van der Waals surface area contributed by atoms with Crippen molar-refractivity contribution in [1.29, 1.82) is 0 Å². The molecule has 0 spiro atoms. The number of hydrogen-bond donors (Lipinski definition) is 0. The molecule has 0 heterocycles. The van der Waals surface area contributed by atoms with Crippen LogP contribution >= 0.6 is 17.0 Å². The molecule has 8 aromatic rings. The maximum atomic E-state index is 11.2. The third-order valence-electron chi connectivity index (χ3n) is 12.4. The molecule has 312 valence electrons. The van der Waals surface area contributed by atoms with Crippen LogP contribution in [0.5, 0.6) is 0 Å². The standard InChI is InChI=1S/2C25H23.C4H7F3Si.2ClH.Zr/c2*1-2-8-18(7-1)15-19-16-21-11-6-14-24(25(21)17-19)23-13-5-10-20-9-3-4-12-22(20)23;1-8-3-2-4(5,6)7;;;/h2*3-6,9-14,16-18H,1-2,7-8,15H2;2-3H2,1H3;2*1H;/q2*-1;;;;+4/p-2. The van der Waals surface area contributed by atoms with E-state index in [1.54, 1.807) is 6.55 Å². The van der Waals surface area contributed by atoms with Gasteiger partial charge < -0.3 is 0 Å². The number of rotatable bonds is 8. The molecule has 2 saturated carbocycles. The first-order chi connectivity index (χ1) is 29.7. The van der Waals surface area contributed by atoms with E-state index in [0.717, 1.165) is 11.8 Å². The molecule has 0 unspecified atom stereocenters. The minimum absolute atomic E-state index is 0.281. The molecule has 0 bridgehead atoms. The first kappa shape index (κ1) is 45.6. The van der Waals surface area contributed by atoms with Gasteiger partial charge in [-0.2, -0.15) is 25.3 Å². The van der Waals surface area contributed by atoms with Crippen LogP contribution in [-0.2, 0) is 33.7 Å². The molecule has 0 aliphatic heterocycles. The normalized spacial score (nSPS) is 14.3. The second-order valence-corrected chi connectivity index (χ2v) is 21.6. The van der Waals surface area contributed by atoms with Crippen molar-refractivity contribution in [2.75, 3.05) is 0 Å². The Bertz CT molecular complexity index is 2430. The van der Waals surface area contributed by atoms with E-state index in [0.29, 0.717) is 9.52 Å². The summed E-state index contributed by atoms with van der Waals surface area (Å²) in [7, 11) is 10.3. The number of hydrogen-bond acceptors (Lipinski definition) is 0. The summed E-state index contributed by atoms with van der Waals surface area (Å²) in [6.45, 7) is 1.77. The first-order valence-electron chi connectivity index (χ1n) is 21.7. The van der Waals surface area contributed by atoms with Crippen LogP contribution in [0, 0.1) is 11.8 Å². The van der Waals surface area contributed by atoms with Crippen molar-refractivity contribution in [3.05, 3.63) is 157 Å². The van der Waals surface area contributed by atoms with Crippen molar-refractivity contribution >= 4 is 69.6 Å². The molecule has 2 fully saturated rings. The van der Waals surface area contributed by atoms with Crippen LogP contribution in [0.1, 0.15) is 68.9 Å². The molecular weight excluding hydrogens is 896 g/mol. The van der Waals surface area contributed by atoms with Crippen LogP contribution < -0.4 is 0 Å². The molecule has 7 heteroatoms. The van der Waals surface area contributed by atoms with Crippen molar-refractivity contribution in [3.8, 4) is 22.3 Å². The average molecular weight is 949 g/mol. The number of fused-ring (bicyclic) bond motifs is 4. The zero-order valence-electron chi connectivity index (χ0n) is 34.9. The Morgan fingerprint density at radius 2 is 0.902 bits per heavy atom. The first-order valence-corrected chi connectivity index (χ1v) is 29.8. The van der Waals surface area contributed by atoms with Crippen LogP contribution in [0.2, 0.25) is 12.6 Å². The van der Waals surface area contributed by atoms with Gasteiger partial charge in [0, 0.05) is 15.9 Å². The Labute approximate surface area is 381 Å². The molecule has 61 heavy (non-hydrogen) atoms. The Hall–Kier alpha value is -3.47. The molecule has 0 atom stereocenters. The van der Waals surface area contributed by atoms with Gasteiger partial charge in [-0.1, -0.05) is 172 Å². The van der Waals surface area contributed by atoms with Gasteiger partial charge in [0.05, 0.1) is 0 Å². The maximum Gasteiger partial charge on any atom is -0.0114 e. The summed E-state index contributed by atoms with van der Waals surface area (Å²) in [6, 6.07) is 54.2. The average Bonchev–Trinajstić information content (AvgIpc) is 4.12. The number of benzene rings is 6. The Morgan fingerprint density at radius 3 is 1.28 bits per heavy atom. The molecule has 8 aromatic carbocycles. The summed E-state index contributed by atoms with van der Waals surface area (Å²) < 4.78 is 33.7. The SMILES string of the molecule is C[Si]CCC(F)(F)F.[Cl][Zr+2][Cl].c1ccc2c(-c3cccc4[cH-]c(CC5CCCC5)cc34)cccc2c1.c1ccc2c(-c3cccc4[cH-]c(CC5CCCC5)cc34)cccc2c1. The van der Waals surface area contributed by atoms with Crippen molar-refractivity contribution in [1.82, 2.24) is 0 Å². The van der Waals surface area contributed by atoms with E-state index in [2.05, 4.69) is 146 Å². The smallest absolute Gasteiger partial charge is 0.0114 e. The predicted molar refractivity (Wildman–Crippen MR) is 255 cm³/mol. The van der Waals surface area contributed by atoms with Gasteiger partial charge in [0.25, 0.3) is 0 Å². The molecule has 0 nitrogen and oxygen atoms in total. The second kappa shape index (κ2) is 22.2. The summed E-state index contributed by atoms with van der Waals surface area (Å²) >= 11 is -0.826.